The van der Waals surface area contributed by atoms with E-state index >= 15 is 0 Å². The van der Waals surface area contributed by atoms with Crippen LogP contribution in [-0.2, 0) is 22.6 Å². The molecule has 3 aromatic rings. The number of benzene rings is 2. The molecule has 26 heavy (non-hydrogen) atoms. The van der Waals surface area contributed by atoms with E-state index in [0.717, 1.165) is 28.1 Å². The SMILES string of the molecule is CCOC(=O)CCc1[nH]ccc1-c1ccc(OCc2ccccc2)cc1. The van der Waals surface area contributed by atoms with Crippen molar-refractivity contribution in [2.24, 2.45) is 0 Å². The summed E-state index contributed by atoms with van der Waals surface area (Å²) in [5.74, 6) is 0.666. The summed E-state index contributed by atoms with van der Waals surface area (Å²) in [6.07, 6.45) is 2.91. The summed E-state index contributed by atoms with van der Waals surface area (Å²) >= 11 is 0. The van der Waals surface area contributed by atoms with Gasteiger partial charge in [0.15, 0.2) is 0 Å². The zero-order valence-corrected chi connectivity index (χ0v) is 14.9. The van der Waals surface area contributed by atoms with Crippen molar-refractivity contribution in [1.82, 2.24) is 4.98 Å². The summed E-state index contributed by atoms with van der Waals surface area (Å²) in [4.78, 5) is 14.8. The lowest BCUT2D eigenvalue weighted by Crippen LogP contribution is -2.05. The van der Waals surface area contributed by atoms with E-state index in [1.54, 1.807) is 0 Å². The van der Waals surface area contributed by atoms with Gasteiger partial charge in [0.25, 0.3) is 0 Å². The van der Waals surface area contributed by atoms with Crippen molar-refractivity contribution >= 4 is 5.97 Å². The van der Waals surface area contributed by atoms with Crippen LogP contribution in [0.15, 0.2) is 66.9 Å². The van der Waals surface area contributed by atoms with Crippen molar-refractivity contribution in [3.63, 3.8) is 0 Å². The third-order valence-electron chi connectivity index (χ3n) is 4.13. The van der Waals surface area contributed by atoms with Crippen LogP contribution in [-0.4, -0.2) is 17.6 Å². The van der Waals surface area contributed by atoms with Gasteiger partial charge >= 0.3 is 5.97 Å². The van der Waals surface area contributed by atoms with Crippen molar-refractivity contribution in [2.45, 2.75) is 26.4 Å². The number of nitrogens with one attached hydrogen (secondary N) is 1. The normalized spacial score (nSPS) is 10.5. The Morgan fingerprint density at radius 1 is 1.00 bits per heavy atom. The molecule has 3 rings (SSSR count). The monoisotopic (exact) mass is 349 g/mol. The molecule has 0 radical (unpaired) electrons. The molecular formula is C22H23NO3. The highest BCUT2D eigenvalue weighted by molar-refractivity contribution is 5.71. The Kier molecular flexibility index (Phi) is 6.09. The lowest BCUT2D eigenvalue weighted by atomic mass is 10.0. The topological polar surface area (TPSA) is 51.3 Å². The fourth-order valence-corrected chi connectivity index (χ4v) is 2.81. The lowest BCUT2D eigenvalue weighted by Gasteiger charge is -2.08. The molecule has 0 bridgehead atoms. The van der Waals surface area contributed by atoms with E-state index in [1.807, 2.05) is 73.8 Å². The highest BCUT2D eigenvalue weighted by Gasteiger charge is 2.10. The van der Waals surface area contributed by atoms with Crippen LogP contribution >= 0.6 is 0 Å². The largest absolute Gasteiger partial charge is 0.489 e. The standard InChI is InChI=1S/C22H23NO3/c1-2-25-22(24)13-12-21-20(14-15-23-21)18-8-10-19(11-9-18)26-16-17-6-4-3-5-7-17/h3-11,14-15,23H,2,12-13,16H2,1H3. The average Bonchev–Trinajstić information content (AvgIpc) is 3.15. The molecule has 0 aliphatic rings. The summed E-state index contributed by atoms with van der Waals surface area (Å²) < 4.78 is 10.8. The minimum absolute atomic E-state index is 0.169. The second kappa shape index (κ2) is 8.90. The average molecular weight is 349 g/mol. The van der Waals surface area contributed by atoms with Gasteiger partial charge in [0.2, 0.25) is 0 Å². The zero-order valence-electron chi connectivity index (χ0n) is 14.9. The quantitative estimate of drug-likeness (QED) is 0.597. The molecule has 0 fully saturated rings. The van der Waals surface area contributed by atoms with Crippen LogP contribution in [0.2, 0.25) is 0 Å². The van der Waals surface area contributed by atoms with E-state index in [-0.39, 0.29) is 5.97 Å². The van der Waals surface area contributed by atoms with Gasteiger partial charge in [0, 0.05) is 17.5 Å². The molecule has 0 spiro atoms. The molecule has 0 saturated carbocycles. The Bertz CT molecular complexity index is 822. The minimum Gasteiger partial charge on any atom is -0.489 e. The van der Waals surface area contributed by atoms with Crippen molar-refractivity contribution < 1.29 is 14.3 Å². The maximum absolute atomic E-state index is 11.6. The van der Waals surface area contributed by atoms with E-state index in [2.05, 4.69) is 4.98 Å². The molecule has 2 aromatic carbocycles. The van der Waals surface area contributed by atoms with Crippen LogP contribution in [0.25, 0.3) is 11.1 Å². The molecule has 1 aromatic heterocycles. The van der Waals surface area contributed by atoms with Gasteiger partial charge in [-0.2, -0.15) is 0 Å². The highest BCUT2D eigenvalue weighted by Crippen LogP contribution is 2.26. The maximum Gasteiger partial charge on any atom is 0.306 e. The maximum atomic E-state index is 11.6. The molecule has 0 aliphatic heterocycles. The second-order valence-corrected chi connectivity index (χ2v) is 5.97. The Morgan fingerprint density at radius 2 is 1.77 bits per heavy atom. The molecule has 0 unspecified atom stereocenters. The third kappa shape index (κ3) is 4.76. The summed E-state index contributed by atoms with van der Waals surface area (Å²) in [6, 6.07) is 20.1. The molecule has 4 heteroatoms. The van der Waals surface area contributed by atoms with Gasteiger partial charge in [-0.15, -0.1) is 0 Å². The van der Waals surface area contributed by atoms with Gasteiger partial charge in [0.1, 0.15) is 12.4 Å². The number of esters is 1. The Labute approximate surface area is 153 Å². The van der Waals surface area contributed by atoms with Gasteiger partial charge in [-0.3, -0.25) is 4.79 Å². The zero-order chi connectivity index (χ0) is 18.2. The van der Waals surface area contributed by atoms with Gasteiger partial charge in [-0.05, 0) is 42.7 Å². The van der Waals surface area contributed by atoms with Crippen LogP contribution < -0.4 is 4.74 Å². The second-order valence-electron chi connectivity index (χ2n) is 5.97. The first-order valence-corrected chi connectivity index (χ1v) is 8.85. The summed E-state index contributed by atoms with van der Waals surface area (Å²) in [6.45, 7) is 2.79. The van der Waals surface area contributed by atoms with Gasteiger partial charge < -0.3 is 14.5 Å². The van der Waals surface area contributed by atoms with E-state index in [1.165, 1.54) is 0 Å². The predicted octanol–water partition coefficient (Wildman–Crippen LogP) is 4.76. The number of rotatable bonds is 8. The van der Waals surface area contributed by atoms with E-state index in [0.29, 0.717) is 26.1 Å². The number of hydrogen-bond donors (Lipinski definition) is 1. The summed E-state index contributed by atoms with van der Waals surface area (Å²) in [7, 11) is 0. The number of hydrogen-bond acceptors (Lipinski definition) is 3. The van der Waals surface area contributed by atoms with Crippen LogP contribution in [0, 0.1) is 0 Å². The molecular weight excluding hydrogens is 326 g/mol. The van der Waals surface area contributed by atoms with E-state index in [4.69, 9.17) is 9.47 Å². The van der Waals surface area contributed by atoms with Crippen molar-refractivity contribution in [2.75, 3.05) is 6.61 Å². The van der Waals surface area contributed by atoms with Crippen molar-refractivity contribution in [3.05, 3.63) is 78.1 Å². The Balaban J connectivity index is 1.62. The molecule has 134 valence electrons. The van der Waals surface area contributed by atoms with Crippen LogP contribution in [0.5, 0.6) is 5.75 Å². The van der Waals surface area contributed by atoms with E-state index < -0.39 is 0 Å². The highest BCUT2D eigenvalue weighted by atomic mass is 16.5. The van der Waals surface area contributed by atoms with E-state index in [9.17, 15) is 4.79 Å². The first kappa shape index (κ1) is 17.8. The Morgan fingerprint density at radius 3 is 2.50 bits per heavy atom. The summed E-state index contributed by atoms with van der Waals surface area (Å²) in [5, 5.41) is 0. The van der Waals surface area contributed by atoms with Crippen molar-refractivity contribution in [3.8, 4) is 16.9 Å². The number of aromatic amines is 1. The molecule has 4 nitrogen and oxygen atoms in total. The number of carbonyl (C=O) groups is 1. The molecule has 1 N–H and O–H groups in total. The number of ether oxygens (including phenoxy) is 2. The third-order valence-corrected chi connectivity index (χ3v) is 4.13. The number of aromatic nitrogens is 1. The van der Waals surface area contributed by atoms with Gasteiger partial charge in [-0.1, -0.05) is 42.5 Å². The van der Waals surface area contributed by atoms with Crippen molar-refractivity contribution in [1.29, 1.82) is 0 Å². The number of aryl methyl sites for hydroxylation is 1. The van der Waals surface area contributed by atoms with Crippen LogP contribution in [0.3, 0.4) is 0 Å². The fourth-order valence-electron chi connectivity index (χ4n) is 2.81. The number of H-pyrrole nitrogens is 1. The van der Waals surface area contributed by atoms with Crippen LogP contribution in [0.4, 0.5) is 0 Å². The first-order valence-electron chi connectivity index (χ1n) is 8.85. The molecule has 1 heterocycles. The fraction of sp³-hybridized carbons (Fsp3) is 0.227. The number of carbonyl (C=O) groups excluding carboxylic acids is 1. The Hall–Kier alpha value is -3.01. The molecule has 0 atom stereocenters. The predicted molar refractivity (Wildman–Crippen MR) is 102 cm³/mol. The minimum atomic E-state index is -0.169. The molecule has 0 aliphatic carbocycles. The van der Waals surface area contributed by atoms with Gasteiger partial charge in [-0.25, -0.2) is 0 Å². The first-order chi connectivity index (χ1) is 12.8. The summed E-state index contributed by atoms with van der Waals surface area (Å²) in [5.41, 5.74) is 4.38. The van der Waals surface area contributed by atoms with Gasteiger partial charge in [0.05, 0.1) is 13.0 Å². The van der Waals surface area contributed by atoms with Crippen LogP contribution in [0.1, 0.15) is 24.6 Å². The lowest BCUT2D eigenvalue weighted by molar-refractivity contribution is -0.143. The smallest absolute Gasteiger partial charge is 0.306 e. The molecule has 0 saturated heterocycles. The molecule has 0 amide bonds.